The van der Waals surface area contributed by atoms with E-state index in [0.29, 0.717) is 18.1 Å². The Morgan fingerprint density at radius 2 is 1.79 bits per heavy atom. The van der Waals surface area contributed by atoms with Crippen molar-refractivity contribution in [3.8, 4) is 11.5 Å². The third kappa shape index (κ3) is 4.25. The Morgan fingerprint density at radius 3 is 2.38 bits per heavy atom. The Kier molecular flexibility index (Phi) is 5.45. The summed E-state index contributed by atoms with van der Waals surface area (Å²) in [7, 11) is 0. The highest BCUT2D eigenvalue weighted by Crippen LogP contribution is 2.41. The molecule has 0 radical (unpaired) electrons. The molecule has 0 fully saturated rings. The summed E-state index contributed by atoms with van der Waals surface area (Å²) < 4.78 is 11.5. The summed E-state index contributed by atoms with van der Waals surface area (Å²) in [5.41, 5.74) is 2.88. The van der Waals surface area contributed by atoms with Crippen molar-refractivity contribution in [3.63, 3.8) is 0 Å². The average Bonchev–Trinajstić information content (AvgIpc) is 2.53. The van der Waals surface area contributed by atoms with Gasteiger partial charge >= 0.3 is 5.97 Å². The number of rotatable bonds is 5. The minimum atomic E-state index is -0.490. The molecule has 126 valence electrons. The summed E-state index contributed by atoms with van der Waals surface area (Å²) in [4.78, 5) is 11.8. The van der Waals surface area contributed by atoms with Crippen LogP contribution in [0.4, 0.5) is 0 Å². The summed E-state index contributed by atoms with van der Waals surface area (Å²) in [6.45, 7) is 12.1. The van der Waals surface area contributed by atoms with Crippen LogP contribution in [0, 0.1) is 6.92 Å². The molecule has 3 heteroatoms. The van der Waals surface area contributed by atoms with Gasteiger partial charge in [0.1, 0.15) is 6.61 Å². The van der Waals surface area contributed by atoms with Crippen LogP contribution >= 0.6 is 0 Å². The van der Waals surface area contributed by atoms with E-state index in [4.69, 9.17) is 9.47 Å². The lowest BCUT2D eigenvalue weighted by Crippen LogP contribution is -2.18. The molecule has 0 N–H and O–H groups in total. The third-order valence-electron chi connectivity index (χ3n) is 3.69. The fourth-order valence-electron chi connectivity index (χ4n) is 2.69. The summed E-state index contributed by atoms with van der Waals surface area (Å²) >= 11 is 0. The molecule has 2 rings (SSSR count). The van der Waals surface area contributed by atoms with Crippen LogP contribution in [0.1, 0.15) is 37.5 Å². The highest BCUT2D eigenvalue weighted by Gasteiger charge is 2.26. The zero-order valence-electron chi connectivity index (χ0n) is 14.8. The van der Waals surface area contributed by atoms with Crippen molar-refractivity contribution in [1.29, 1.82) is 0 Å². The highest BCUT2D eigenvalue weighted by molar-refractivity contribution is 5.84. The third-order valence-corrected chi connectivity index (χ3v) is 3.69. The van der Waals surface area contributed by atoms with Crippen LogP contribution in [0.3, 0.4) is 0 Å². The number of carbonyl (C=O) groups excluding carboxylic acids is 1. The van der Waals surface area contributed by atoms with Crippen LogP contribution in [0.15, 0.2) is 55.1 Å². The van der Waals surface area contributed by atoms with Crippen LogP contribution in [0.5, 0.6) is 11.5 Å². The second kappa shape index (κ2) is 7.35. The second-order valence-electron chi connectivity index (χ2n) is 6.73. The SMILES string of the molecule is C=CC(=O)Oc1c(OCc2ccccc2)ccc(C)c1C(C)(C)C. The quantitative estimate of drug-likeness (QED) is 0.443. The van der Waals surface area contributed by atoms with E-state index >= 15 is 0 Å². The van der Waals surface area contributed by atoms with Crippen LogP contribution in [-0.4, -0.2) is 5.97 Å². The van der Waals surface area contributed by atoms with Crippen LogP contribution in [0.2, 0.25) is 0 Å². The first-order chi connectivity index (χ1) is 11.3. The monoisotopic (exact) mass is 324 g/mol. The molecule has 0 aromatic heterocycles. The van der Waals surface area contributed by atoms with E-state index in [1.165, 1.54) is 0 Å². The van der Waals surface area contributed by atoms with E-state index in [9.17, 15) is 4.79 Å². The van der Waals surface area contributed by atoms with Gasteiger partial charge in [-0.25, -0.2) is 4.79 Å². The zero-order chi connectivity index (χ0) is 17.7. The molecule has 0 saturated heterocycles. The van der Waals surface area contributed by atoms with Crippen molar-refractivity contribution in [1.82, 2.24) is 0 Å². The van der Waals surface area contributed by atoms with Crippen molar-refractivity contribution in [2.24, 2.45) is 0 Å². The molecule has 0 bridgehead atoms. The lowest BCUT2D eigenvalue weighted by molar-refractivity contribution is -0.129. The van der Waals surface area contributed by atoms with E-state index in [1.807, 2.05) is 49.4 Å². The molecule has 3 nitrogen and oxygen atoms in total. The van der Waals surface area contributed by atoms with Crippen LogP contribution < -0.4 is 9.47 Å². The molecule has 0 spiro atoms. The van der Waals surface area contributed by atoms with E-state index in [0.717, 1.165) is 22.8 Å². The van der Waals surface area contributed by atoms with Gasteiger partial charge in [-0.3, -0.25) is 0 Å². The molecule has 2 aromatic rings. The van der Waals surface area contributed by atoms with Crippen molar-refractivity contribution in [3.05, 3.63) is 71.8 Å². The number of aryl methyl sites for hydroxylation is 1. The van der Waals surface area contributed by atoms with E-state index < -0.39 is 5.97 Å². The Labute approximate surface area is 143 Å². The topological polar surface area (TPSA) is 35.5 Å². The number of esters is 1. The predicted molar refractivity (Wildman–Crippen MR) is 96.5 cm³/mol. The maximum Gasteiger partial charge on any atom is 0.335 e. The second-order valence-corrected chi connectivity index (χ2v) is 6.73. The summed E-state index contributed by atoms with van der Waals surface area (Å²) in [6.07, 6.45) is 1.16. The van der Waals surface area contributed by atoms with Gasteiger partial charge in [-0.15, -0.1) is 0 Å². The van der Waals surface area contributed by atoms with Crippen molar-refractivity contribution >= 4 is 5.97 Å². The van der Waals surface area contributed by atoms with Crippen LogP contribution in [-0.2, 0) is 16.8 Å². The molecule has 0 saturated carbocycles. The molecule has 24 heavy (non-hydrogen) atoms. The molecule has 2 aromatic carbocycles. The minimum Gasteiger partial charge on any atom is -0.485 e. The number of benzene rings is 2. The van der Waals surface area contributed by atoms with Gasteiger partial charge in [0.25, 0.3) is 0 Å². The van der Waals surface area contributed by atoms with Gasteiger partial charge in [-0.1, -0.05) is 63.7 Å². The predicted octanol–water partition coefficient (Wildman–Crippen LogP) is 4.96. The Bertz CT molecular complexity index is 725. The van der Waals surface area contributed by atoms with Gasteiger partial charge in [-0.05, 0) is 29.5 Å². The van der Waals surface area contributed by atoms with E-state index in [2.05, 4.69) is 27.4 Å². The number of hydrogen-bond donors (Lipinski definition) is 0. The van der Waals surface area contributed by atoms with Gasteiger partial charge < -0.3 is 9.47 Å². The number of ether oxygens (including phenoxy) is 2. The van der Waals surface area contributed by atoms with Gasteiger partial charge in [0.2, 0.25) is 0 Å². The van der Waals surface area contributed by atoms with Crippen molar-refractivity contribution in [2.75, 3.05) is 0 Å². The molecule has 0 aliphatic heterocycles. The Hall–Kier alpha value is -2.55. The minimum absolute atomic E-state index is 0.188. The first-order valence-corrected chi connectivity index (χ1v) is 7.98. The fourth-order valence-corrected chi connectivity index (χ4v) is 2.69. The largest absolute Gasteiger partial charge is 0.485 e. The summed E-state index contributed by atoms with van der Waals surface area (Å²) in [5.74, 6) is 0.545. The Morgan fingerprint density at radius 1 is 1.12 bits per heavy atom. The lowest BCUT2D eigenvalue weighted by atomic mass is 9.83. The fraction of sp³-hybridized carbons (Fsp3) is 0.286. The summed E-state index contributed by atoms with van der Waals surface area (Å²) in [5, 5.41) is 0. The molecular formula is C21H24O3. The van der Waals surface area contributed by atoms with Crippen molar-refractivity contribution < 1.29 is 14.3 Å². The van der Waals surface area contributed by atoms with Gasteiger partial charge in [0.05, 0.1) is 0 Å². The smallest absolute Gasteiger partial charge is 0.335 e. The first-order valence-electron chi connectivity index (χ1n) is 7.98. The van der Waals surface area contributed by atoms with Gasteiger partial charge in [0, 0.05) is 11.6 Å². The normalized spacial score (nSPS) is 11.0. The molecule has 0 aliphatic rings. The number of carbonyl (C=O) groups is 1. The number of hydrogen-bond acceptors (Lipinski definition) is 3. The lowest BCUT2D eigenvalue weighted by Gasteiger charge is -2.26. The first kappa shape index (κ1) is 17.8. The van der Waals surface area contributed by atoms with Gasteiger partial charge in [0.15, 0.2) is 11.5 Å². The Balaban J connectivity index is 2.42. The van der Waals surface area contributed by atoms with Crippen molar-refractivity contribution in [2.45, 2.75) is 39.7 Å². The molecule has 0 amide bonds. The average molecular weight is 324 g/mol. The van der Waals surface area contributed by atoms with E-state index in [1.54, 1.807) is 0 Å². The summed E-state index contributed by atoms with van der Waals surface area (Å²) in [6, 6.07) is 13.7. The molecule has 0 unspecified atom stereocenters. The maximum absolute atomic E-state index is 11.8. The molecule has 0 atom stereocenters. The van der Waals surface area contributed by atoms with E-state index in [-0.39, 0.29) is 5.41 Å². The molecule has 0 aliphatic carbocycles. The maximum atomic E-state index is 11.8. The zero-order valence-corrected chi connectivity index (χ0v) is 14.8. The molecular weight excluding hydrogens is 300 g/mol. The van der Waals surface area contributed by atoms with Gasteiger partial charge in [-0.2, -0.15) is 0 Å². The highest BCUT2D eigenvalue weighted by atomic mass is 16.6. The van der Waals surface area contributed by atoms with Crippen LogP contribution in [0.25, 0.3) is 0 Å². The standard InChI is InChI=1S/C21H24O3/c1-6-18(22)24-20-17(23-14-16-10-8-7-9-11-16)13-12-15(2)19(20)21(3,4)5/h6-13H,1,14H2,2-5H3. The molecule has 0 heterocycles.